The van der Waals surface area contributed by atoms with Gasteiger partial charge in [0.1, 0.15) is 0 Å². The Labute approximate surface area is 110 Å². The predicted octanol–water partition coefficient (Wildman–Crippen LogP) is 3.43. The summed E-state index contributed by atoms with van der Waals surface area (Å²) in [7, 11) is 0. The molecule has 0 aliphatic rings. The van der Waals surface area contributed by atoms with Crippen LogP contribution in [0.4, 0.5) is 0 Å². The zero-order valence-electron chi connectivity index (χ0n) is 9.86. The number of rotatable bonds is 7. The second-order valence-electron chi connectivity index (χ2n) is 3.75. The van der Waals surface area contributed by atoms with Gasteiger partial charge in [-0.3, -0.25) is 4.79 Å². The van der Waals surface area contributed by atoms with E-state index in [2.05, 4.69) is 15.9 Å². The van der Waals surface area contributed by atoms with Gasteiger partial charge >= 0.3 is 5.97 Å². The Hall–Kier alpha value is -0.870. The van der Waals surface area contributed by atoms with Gasteiger partial charge in [0.25, 0.3) is 0 Å². The van der Waals surface area contributed by atoms with Gasteiger partial charge in [-0.15, -0.1) is 0 Å². The van der Waals surface area contributed by atoms with E-state index in [1.165, 1.54) is 0 Å². The van der Waals surface area contributed by atoms with Gasteiger partial charge in [-0.25, -0.2) is 0 Å². The summed E-state index contributed by atoms with van der Waals surface area (Å²) in [5.41, 5.74) is 0.830. The van der Waals surface area contributed by atoms with Gasteiger partial charge in [-0.1, -0.05) is 34.1 Å². The molecular formula is C13H17BrO3. The third-order valence-corrected chi connectivity index (χ3v) is 3.29. The highest BCUT2D eigenvalue weighted by molar-refractivity contribution is 9.10. The van der Waals surface area contributed by atoms with Crippen LogP contribution < -0.4 is 0 Å². The van der Waals surface area contributed by atoms with Crippen molar-refractivity contribution in [2.75, 3.05) is 13.2 Å². The number of carboxylic acids is 1. The summed E-state index contributed by atoms with van der Waals surface area (Å²) in [4.78, 5) is 11.3. The van der Waals surface area contributed by atoms with E-state index in [0.717, 1.165) is 16.5 Å². The maximum absolute atomic E-state index is 11.3. The summed E-state index contributed by atoms with van der Waals surface area (Å²) in [5, 5.41) is 9.25. The summed E-state index contributed by atoms with van der Waals surface area (Å²) >= 11 is 3.39. The lowest BCUT2D eigenvalue weighted by Crippen LogP contribution is -2.13. The van der Waals surface area contributed by atoms with E-state index < -0.39 is 11.9 Å². The van der Waals surface area contributed by atoms with Crippen molar-refractivity contribution in [3.8, 4) is 0 Å². The number of aliphatic carboxylic acids is 1. The molecule has 0 saturated carbocycles. The normalized spacial score (nSPS) is 12.4. The highest BCUT2D eigenvalue weighted by Crippen LogP contribution is 2.28. The second-order valence-corrected chi connectivity index (χ2v) is 4.61. The number of halogens is 1. The largest absolute Gasteiger partial charge is 0.481 e. The van der Waals surface area contributed by atoms with E-state index in [4.69, 9.17) is 4.74 Å². The first-order valence-corrected chi connectivity index (χ1v) is 6.51. The summed E-state index contributed by atoms with van der Waals surface area (Å²) in [6.45, 7) is 3.22. The van der Waals surface area contributed by atoms with Crippen molar-refractivity contribution in [1.29, 1.82) is 0 Å². The minimum atomic E-state index is -0.784. The van der Waals surface area contributed by atoms with E-state index in [0.29, 0.717) is 19.6 Å². The van der Waals surface area contributed by atoms with Gasteiger partial charge < -0.3 is 9.84 Å². The van der Waals surface area contributed by atoms with Crippen LogP contribution in [0.15, 0.2) is 28.7 Å². The molecule has 4 heteroatoms. The lowest BCUT2D eigenvalue weighted by molar-refractivity contribution is -0.139. The lowest BCUT2D eigenvalue weighted by atomic mass is 9.94. The molecule has 0 spiro atoms. The number of hydrogen-bond donors (Lipinski definition) is 1. The van der Waals surface area contributed by atoms with Crippen LogP contribution >= 0.6 is 15.9 Å². The molecule has 1 aromatic carbocycles. The van der Waals surface area contributed by atoms with E-state index in [-0.39, 0.29) is 0 Å². The minimum Gasteiger partial charge on any atom is -0.481 e. The Morgan fingerprint density at radius 2 is 2.18 bits per heavy atom. The molecule has 1 atom stereocenters. The summed E-state index contributed by atoms with van der Waals surface area (Å²) < 4.78 is 6.08. The fourth-order valence-corrected chi connectivity index (χ4v) is 2.26. The minimum absolute atomic E-state index is 0.467. The average molecular weight is 301 g/mol. The number of hydrogen-bond acceptors (Lipinski definition) is 2. The van der Waals surface area contributed by atoms with E-state index in [1.54, 1.807) is 0 Å². The fraction of sp³-hybridized carbons (Fsp3) is 0.462. The van der Waals surface area contributed by atoms with Crippen molar-refractivity contribution < 1.29 is 14.6 Å². The molecule has 17 heavy (non-hydrogen) atoms. The van der Waals surface area contributed by atoms with Crippen LogP contribution in [0.1, 0.15) is 31.2 Å². The van der Waals surface area contributed by atoms with E-state index in [1.807, 2.05) is 31.2 Å². The highest BCUT2D eigenvalue weighted by atomic mass is 79.9. The molecule has 3 nitrogen and oxygen atoms in total. The second kappa shape index (κ2) is 7.45. The van der Waals surface area contributed by atoms with Crippen molar-refractivity contribution >= 4 is 21.9 Å². The number of carbonyl (C=O) groups is 1. The quantitative estimate of drug-likeness (QED) is 0.785. The zero-order valence-corrected chi connectivity index (χ0v) is 11.4. The first-order chi connectivity index (χ1) is 8.16. The van der Waals surface area contributed by atoms with E-state index in [9.17, 15) is 9.90 Å². The monoisotopic (exact) mass is 300 g/mol. The van der Waals surface area contributed by atoms with Gasteiger partial charge in [0.2, 0.25) is 0 Å². The molecule has 1 unspecified atom stereocenters. The van der Waals surface area contributed by atoms with Crippen LogP contribution in [0.2, 0.25) is 0 Å². The van der Waals surface area contributed by atoms with Crippen LogP contribution in [0.5, 0.6) is 0 Å². The molecule has 1 rings (SSSR count). The number of carboxylic acid groups (broad SMARTS) is 1. The maximum Gasteiger partial charge on any atom is 0.311 e. The predicted molar refractivity (Wildman–Crippen MR) is 70.2 cm³/mol. The van der Waals surface area contributed by atoms with Crippen LogP contribution in [-0.2, 0) is 9.53 Å². The van der Waals surface area contributed by atoms with Crippen LogP contribution in [0, 0.1) is 0 Å². The molecule has 0 aromatic heterocycles. The third-order valence-electron chi connectivity index (χ3n) is 2.56. The molecule has 94 valence electrons. The molecule has 1 N–H and O–H groups in total. The van der Waals surface area contributed by atoms with Crippen molar-refractivity contribution in [1.82, 2.24) is 0 Å². The molecule has 0 aliphatic carbocycles. The standard InChI is InChI=1S/C13H17BrO3/c1-2-17-9-5-7-11(13(15)16)10-6-3-4-8-12(10)14/h3-4,6,8,11H,2,5,7,9H2,1H3,(H,15,16). The molecular weight excluding hydrogens is 284 g/mol. The average Bonchev–Trinajstić information content (AvgIpc) is 2.30. The third kappa shape index (κ3) is 4.48. The van der Waals surface area contributed by atoms with Crippen molar-refractivity contribution in [2.24, 2.45) is 0 Å². The van der Waals surface area contributed by atoms with Crippen molar-refractivity contribution in [2.45, 2.75) is 25.7 Å². The van der Waals surface area contributed by atoms with E-state index >= 15 is 0 Å². The zero-order chi connectivity index (χ0) is 12.7. The van der Waals surface area contributed by atoms with Crippen molar-refractivity contribution in [3.63, 3.8) is 0 Å². The Balaban J connectivity index is 2.66. The topological polar surface area (TPSA) is 46.5 Å². The van der Waals surface area contributed by atoms with Gasteiger partial charge in [-0.05, 0) is 31.4 Å². The molecule has 0 radical (unpaired) electrons. The molecule has 0 saturated heterocycles. The van der Waals surface area contributed by atoms with Crippen LogP contribution in [-0.4, -0.2) is 24.3 Å². The SMILES string of the molecule is CCOCCCC(C(=O)O)c1ccccc1Br. The smallest absolute Gasteiger partial charge is 0.311 e. The number of ether oxygens (including phenoxy) is 1. The Bertz CT molecular complexity index is 365. The van der Waals surface area contributed by atoms with Gasteiger partial charge in [0.15, 0.2) is 0 Å². The number of benzene rings is 1. The Morgan fingerprint density at radius 1 is 1.47 bits per heavy atom. The first-order valence-electron chi connectivity index (χ1n) is 5.71. The molecule has 0 amide bonds. The molecule has 0 heterocycles. The van der Waals surface area contributed by atoms with Gasteiger partial charge in [-0.2, -0.15) is 0 Å². The van der Waals surface area contributed by atoms with Crippen LogP contribution in [0.25, 0.3) is 0 Å². The molecule has 0 bridgehead atoms. The highest BCUT2D eigenvalue weighted by Gasteiger charge is 2.21. The molecule has 0 fully saturated rings. The fourth-order valence-electron chi connectivity index (χ4n) is 1.70. The van der Waals surface area contributed by atoms with Crippen LogP contribution in [0.3, 0.4) is 0 Å². The van der Waals surface area contributed by atoms with Gasteiger partial charge in [0.05, 0.1) is 5.92 Å². The first kappa shape index (κ1) is 14.2. The maximum atomic E-state index is 11.3. The Kier molecular flexibility index (Phi) is 6.22. The van der Waals surface area contributed by atoms with Gasteiger partial charge in [0, 0.05) is 17.7 Å². The Morgan fingerprint density at radius 3 is 2.76 bits per heavy atom. The summed E-state index contributed by atoms with van der Waals surface area (Å²) in [6.07, 6.45) is 1.35. The van der Waals surface area contributed by atoms with Crippen molar-refractivity contribution in [3.05, 3.63) is 34.3 Å². The molecule has 0 aliphatic heterocycles. The summed E-state index contributed by atoms with van der Waals surface area (Å²) in [6, 6.07) is 7.46. The lowest BCUT2D eigenvalue weighted by Gasteiger charge is -2.14. The molecule has 1 aromatic rings. The summed E-state index contributed by atoms with van der Waals surface area (Å²) in [5.74, 6) is -1.25.